The van der Waals surface area contributed by atoms with Crippen LogP contribution in [0.4, 0.5) is 5.69 Å². The predicted molar refractivity (Wildman–Crippen MR) is 189 cm³/mol. The van der Waals surface area contributed by atoms with Gasteiger partial charge in [-0.3, -0.25) is 29.6 Å². The summed E-state index contributed by atoms with van der Waals surface area (Å²) in [4.78, 5) is 51.0. The van der Waals surface area contributed by atoms with E-state index in [1.165, 1.54) is 10.1 Å². The van der Waals surface area contributed by atoms with E-state index in [9.17, 15) is 19.2 Å². The van der Waals surface area contributed by atoms with Crippen LogP contribution in [-0.2, 0) is 28.0 Å². The van der Waals surface area contributed by atoms with Crippen LogP contribution in [0.2, 0.25) is 0 Å². The second-order valence-electron chi connectivity index (χ2n) is 12.8. The van der Waals surface area contributed by atoms with Gasteiger partial charge in [-0.2, -0.15) is 5.10 Å². The Balaban J connectivity index is 0.939. The summed E-state index contributed by atoms with van der Waals surface area (Å²) in [5.74, 6) is 1.08. The molecule has 0 bridgehead atoms. The third-order valence-electron chi connectivity index (χ3n) is 9.59. The maximum Gasteiger partial charge on any atom is 0.276 e. The van der Waals surface area contributed by atoms with Gasteiger partial charge in [0.15, 0.2) is 0 Å². The summed E-state index contributed by atoms with van der Waals surface area (Å²) < 4.78 is 13.0. The monoisotopic (exact) mass is 684 g/mol. The van der Waals surface area contributed by atoms with E-state index in [0.29, 0.717) is 54.3 Å². The van der Waals surface area contributed by atoms with Crippen molar-refractivity contribution in [3.05, 3.63) is 70.3 Å². The lowest BCUT2D eigenvalue weighted by Gasteiger charge is -2.32. The average Bonchev–Trinajstić information content (AvgIpc) is 3.62. The number of methoxy groups -OCH3 is 2. The molecule has 5 N–H and O–H groups in total. The largest absolute Gasteiger partial charge is 0.496 e. The van der Waals surface area contributed by atoms with Gasteiger partial charge in [-0.25, -0.2) is 0 Å². The highest BCUT2D eigenvalue weighted by molar-refractivity contribution is 6.01. The zero-order chi connectivity index (χ0) is 35.2. The van der Waals surface area contributed by atoms with Crippen LogP contribution in [0, 0.1) is 0 Å². The number of ether oxygens (including phenoxy) is 2. The zero-order valence-corrected chi connectivity index (χ0v) is 28.6. The van der Waals surface area contributed by atoms with Crippen LogP contribution in [0.25, 0.3) is 22.0 Å². The molecule has 2 aliphatic heterocycles. The minimum atomic E-state index is -0.391. The molecular weight excluding hydrogens is 640 g/mol. The lowest BCUT2D eigenvalue weighted by Crippen LogP contribution is -2.47. The highest BCUT2D eigenvalue weighted by Crippen LogP contribution is 2.37. The van der Waals surface area contributed by atoms with Crippen molar-refractivity contribution in [2.24, 2.45) is 7.05 Å². The van der Waals surface area contributed by atoms with Gasteiger partial charge in [0.2, 0.25) is 17.7 Å². The molecule has 0 radical (unpaired) electrons. The summed E-state index contributed by atoms with van der Waals surface area (Å²) in [6.07, 6.45) is 6.32. The van der Waals surface area contributed by atoms with Crippen LogP contribution in [0.1, 0.15) is 42.7 Å². The molecular formula is C36H44N8O6. The van der Waals surface area contributed by atoms with Gasteiger partial charge in [-0.1, -0.05) is 12.1 Å². The summed E-state index contributed by atoms with van der Waals surface area (Å²) in [6.45, 7) is 3.75. The molecule has 264 valence electrons. The first-order valence-corrected chi connectivity index (χ1v) is 16.9. The van der Waals surface area contributed by atoms with E-state index >= 15 is 0 Å². The predicted octanol–water partition coefficient (Wildman–Crippen LogP) is 2.25. The SMILES string of the molecule is COc1cc(-c2cn(C)c(=O)c3[nH]ncc23)cc(OC)c1CNCC(=O)NCCN1CCC(c2ccc(N[C@@H]3CCC(=O)NC3=O)cc2)CC1. The summed E-state index contributed by atoms with van der Waals surface area (Å²) >= 11 is 0. The number of aromatic amines is 1. The molecule has 0 saturated carbocycles. The fourth-order valence-corrected chi connectivity index (χ4v) is 6.79. The van der Waals surface area contributed by atoms with Crippen LogP contribution in [0.15, 0.2) is 53.6 Å². The number of carbonyl (C=O) groups is 3. The topological polar surface area (TPSA) is 172 Å². The third-order valence-corrected chi connectivity index (χ3v) is 9.59. The Labute approximate surface area is 289 Å². The van der Waals surface area contributed by atoms with E-state index in [4.69, 9.17) is 9.47 Å². The molecule has 2 aromatic heterocycles. The number of hydrogen-bond acceptors (Lipinski definition) is 10. The molecule has 0 spiro atoms. The first-order chi connectivity index (χ1) is 24.2. The number of imide groups is 1. The Morgan fingerprint density at radius 3 is 2.42 bits per heavy atom. The molecule has 14 heteroatoms. The standard InChI is InChI=1S/C36H44N8O6/c1-43-21-28(26-19-39-42-34(26)36(43)48)24-16-30(49-2)27(31(17-24)50-3)18-37-20-33(46)38-12-15-44-13-10-23(11-14-44)22-4-6-25(7-5-22)40-29-8-9-32(45)41-35(29)47/h4-7,16-17,19,21,23,29,37,40H,8-15,18,20H2,1-3H3,(H,38,46)(H,39,42)(H,41,45,47)/t29-/m1/s1. The van der Waals surface area contributed by atoms with Crippen molar-refractivity contribution < 1.29 is 23.9 Å². The third kappa shape index (κ3) is 7.81. The number of fused-ring (bicyclic) bond motifs is 1. The molecule has 0 unspecified atom stereocenters. The molecule has 4 aromatic rings. The van der Waals surface area contributed by atoms with E-state index in [1.807, 2.05) is 24.3 Å². The van der Waals surface area contributed by atoms with Crippen molar-refractivity contribution in [2.45, 2.75) is 44.2 Å². The molecule has 2 aliphatic rings. The molecule has 14 nitrogen and oxygen atoms in total. The first kappa shape index (κ1) is 34.6. The Kier molecular flexibility index (Phi) is 10.8. The molecule has 3 amide bonds. The summed E-state index contributed by atoms with van der Waals surface area (Å²) in [5, 5.41) is 19.4. The van der Waals surface area contributed by atoms with Crippen LogP contribution in [-0.4, -0.2) is 90.4 Å². The van der Waals surface area contributed by atoms with Gasteiger partial charge >= 0.3 is 0 Å². The van der Waals surface area contributed by atoms with E-state index in [0.717, 1.165) is 54.9 Å². The Hall–Kier alpha value is -5.21. The number of aryl methyl sites for hydroxylation is 1. The summed E-state index contributed by atoms with van der Waals surface area (Å²) in [5.41, 5.74) is 4.82. The number of likely N-dealkylation sites (tertiary alicyclic amines) is 1. The van der Waals surface area contributed by atoms with Crippen molar-refractivity contribution in [3.8, 4) is 22.6 Å². The van der Waals surface area contributed by atoms with E-state index in [1.54, 1.807) is 33.7 Å². The highest BCUT2D eigenvalue weighted by Gasteiger charge is 2.27. The number of H-pyrrole nitrogens is 1. The van der Waals surface area contributed by atoms with Crippen molar-refractivity contribution >= 4 is 34.3 Å². The number of carbonyl (C=O) groups excluding carboxylic acids is 3. The summed E-state index contributed by atoms with van der Waals surface area (Å²) in [7, 11) is 4.87. The molecule has 2 aromatic carbocycles. The number of hydrogen-bond donors (Lipinski definition) is 5. The van der Waals surface area contributed by atoms with Gasteiger partial charge in [-0.05, 0) is 73.7 Å². The average molecular weight is 685 g/mol. The smallest absolute Gasteiger partial charge is 0.276 e. The number of pyridine rings is 1. The number of rotatable bonds is 13. The van der Waals surface area contributed by atoms with Crippen molar-refractivity contribution in [3.63, 3.8) is 0 Å². The number of nitrogens with zero attached hydrogens (tertiary/aromatic N) is 3. The van der Waals surface area contributed by atoms with Crippen molar-refractivity contribution in [1.82, 2.24) is 35.6 Å². The second-order valence-corrected chi connectivity index (χ2v) is 12.8. The number of aromatic nitrogens is 3. The first-order valence-electron chi connectivity index (χ1n) is 16.9. The Morgan fingerprint density at radius 1 is 1.02 bits per heavy atom. The minimum absolute atomic E-state index is 0.0898. The van der Waals surface area contributed by atoms with Crippen LogP contribution < -0.4 is 36.3 Å². The molecule has 2 saturated heterocycles. The number of benzene rings is 2. The second kappa shape index (κ2) is 15.6. The number of piperidine rings is 2. The summed E-state index contributed by atoms with van der Waals surface area (Å²) in [6, 6.07) is 11.6. The fourth-order valence-electron chi connectivity index (χ4n) is 6.79. The maximum atomic E-state index is 12.7. The van der Waals surface area contributed by atoms with Crippen molar-refractivity contribution in [2.75, 3.05) is 52.3 Å². The highest BCUT2D eigenvalue weighted by atomic mass is 16.5. The van der Waals surface area contributed by atoms with Gasteiger partial charge in [0, 0.05) is 61.5 Å². The van der Waals surface area contributed by atoms with E-state index in [2.05, 4.69) is 48.5 Å². The van der Waals surface area contributed by atoms with Gasteiger partial charge in [0.05, 0.1) is 27.0 Å². The molecule has 50 heavy (non-hydrogen) atoms. The van der Waals surface area contributed by atoms with Gasteiger partial charge in [0.1, 0.15) is 23.1 Å². The van der Waals surface area contributed by atoms with Gasteiger partial charge < -0.3 is 34.9 Å². The van der Waals surface area contributed by atoms with Gasteiger partial charge in [-0.15, -0.1) is 0 Å². The maximum absolute atomic E-state index is 12.7. The molecule has 1 atom stereocenters. The molecule has 6 rings (SSSR count). The lowest BCUT2D eigenvalue weighted by molar-refractivity contribution is -0.133. The van der Waals surface area contributed by atoms with Crippen molar-refractivity contribution in [1.29, 1.82) is 0 Å². The van der Waals surface area contributed by atoms with Crippen LogP contribution >= 0.6 is 0 Å². The van der Waals surface area contributed by atoms with Gasteiger partial charge in [0.25, 0.3) is 5.56 Å². The van der Waals surface area contributed by atoms with Crippen LogP contribution in [0.5, 0.6) is 11.5 Å². The normalized spacial score (nSPS) is 17.1. The van der Waals surface area contributed by atoms with Crippen LogP contribution in [0.3, 0.4) is 0 Å². The minimum Gasteiger partial charge on any atom is -0.496 e. The molecule has 4 heterocycles. The molecule has 0 aliphatic carbocycles. The zero-order valence-electron chi connectivity index (χ0n) is 28.6. The fraction of sp³-hybridized carbons (Fsp3) is 0.417. The molecule has 2 fully saturated rings. The lowest BCUT2D eigenvalue weighted by atomic mass is 9.89. The van der Waals surface area contributed by atoms with E-state index < -0.39 is 6.04 Å². The Morgan fingerprint density at radius 2 is 1.74 bits per heavy atom. The number of anilines is 1. The number of amides is 3. The quantitative estimate of drug-likeness (QED) is 0.132. The Bertz CT molecular complexity index is 1890. The number of nitrogens with one attached hydrogen (secondary N) is 5. The van der Waals surface area contributed by atoms with E-state index in [-0.39, 0.29) is 29.8 Å².